The lowest BCUT2D eigenvalue weighted by Crippen LogP contribution is -2.25. The van der Waals surface area contributed by atoms with Gasteiger partial charge in [0.05, 0.1) is 13.5 Å². The van der Waals surface area contributed by atoms with E-state index in [1.807, 2.05) is 36.5 Å². The highest BCUT2D eigenvalue weighted by molar-refractivity contribution is 5.78. The number of nitrogens with one attached hydrogen (secondary N) is 1. The van der Waals surface area contributed by atoms with Crippen molar-refractivity contribution >= 4 is 11.7 Å². The molecule has 0 radical (unpaired) electrons. The number of hydrogen-bond acceptors (Lipinski definition) is 4. The summed E-state index contributed by atoms with van der Waals surface area (Å²) in [6.45, 7) is 2.67. The Balaban J connectivity index is 1.52. The Hall–Kier alpha value is -2.56. The van der Waals surface area contributed by atoms with Gasteiger partial charge in [-0.1, -0.05) is 12.1 Å². The van der Waals surface area contributed by atoms with Gasteiger partial charge in [-0.3, -0.25) is 4.79 Å². The lowest BCUT2D eigenvalue weighted by molar-refractivity contribution is -0.120. The van der Waals surface area contributed by atoms with Gasteiger partial charge in [-0.25, -0.2) is 4.98 Å². The van der Waals surface area contributed by atoms with Crippen LogP contribution in [0.5, 0.6) is 5.75 Å². The van der Waals surface area contributed by atoms with Crippen molar-refractivity contribution in [1.29, 1.82) is 0 Å². The number of ether oxygens (including phenoxy) is 1. The summed E-state index contributed by atoms with van der Waals surface area (Å²) in [5, 5.41) is 2.98. The van der Waals surface area contributed by atoms with Gasteiger partial charge in [0.2, 0.25) is 5.91 Å². The maximum absolute atomic E-state index is 12.1. The van der Waals surface area contributed by atoms with Crippen LogP contribution < -0.4 is 15.0 Å². The number of nitrogens with zero attached hydrogens (tertiary/aromatic N) is 2. The molecule has 5 nitrogen and oxygen atoms in total. The maximum atomic E-state index is 12.1. The highest BCUT2D eigenvalue weighted by Crippen LogP contribution is 2.18. The molecule has 0 atom stereocenters. The monoisotopic (exact) mass is 325 g/mol. The third kappa shape index (κ3) is 4.25. The lowest BCUT2D eigenvalue weighted by atomic mass is 10.1. The van der Waals surface area contributed by atoms with Crippen molar-refractivity contribution in [3.05, 3.63) is 53.7 Å². The molecule has 3 rings (SSSR count). The Morgan fingerprint density at radius 1 is 1.17 bits per heavy atom. The van der Waals surface area contributed by atoms with E-state index in [9.17, 15) is 4.79 Å². The maximum Gasteiger partial charge on any atom is 0.224 e. The number of pyridine rings is 1. The molecule has 1 aromatic carbocycles. The lowest BCUT2D eigenvalue weighted by Gasteiger charge is -2.17. The van der Waals surface area contributed by atoms with Crippen molar-refractivity contribution < 1.29 is 9.53 Å². The van der Waals surface area contributed by atoms with E-state index in [1.54, 1.807) is 7.11 Å². The molecule has 24 heavy (non-hydrogen) atoms. The second-order valence-corrected chi connectivity index (χ2v) is 6.02. The molecule has 1 aliphatic heterocycles. The summed E-state index contributed by atoms with van der Waals surface area (Å²) in [4.78, 5) is 18.8. The Morgan fingerprint density at radius 3 is 2.62 bits per heavy atom. The van der Waals surface area contributed by atoms with Gasteiger partial charge in [-0.05, 0) is 48.2 Å². The van der Waals surface area contributed by atoms with Crippen molar-refractivity contribution in [2.45, 2.75) is 25.8 Å². The zero-order valence-electron chi connectivity index (χ0n) is 14.0. The molecule has 0 unspecified atom stereocenters. The first-order valence-electron chi connectivity index (χ1n) is 8.34. The van der Waals surface area contributed by atoms with Crippen molar-refractivity contribution in [2.75, 3.05) is 25.1 Å². The van der Waals surface area contributed by atoms with Gasteiger partial charge in [0.15, 0.2) is 0 Å². The number of benzene rings is 1. The quantitative estimate of drug-likeness (QED) is 0.887. The van der Waals surface area contributed by atoms with Gasteiger partial charge in [0.1, 0.15) is 11.6 Å². The van der Waals surface area contributed by atoms with E-state index < -0.39 is 0 Å². The first-order valence-corrected chi connectivity index (χ1v) is 8.34. The molecule has 2 aromatic rings. The topological polar surface area (TPSA) is 54.5 Å². The molecule has 1 fully saturated rings. The summed E-state index contributed by atoms with van der Waals surface area (Å²) in [6, 6.07) is 11.6. The summed E-state index contributed by atoms with van der Waals surface area (Å²) >= 11 is 0. The average Bonchev–Trinajstić information content (AvgIpc) is 3.16. The second-order valence-electron chi connectivity index (χ2n) is 6.02. The van der Waals surface area contributed by atoms with E-state index in [0.29, 0.717) is 13.0 Å². The molecule has 1 aliphatic rings. The van der Waals surface area contributed by atoms with Crippen LogP contribution in [0.1, 0.15) is 24.0 Å². The number of carbonyl (C=O) groups excluding carboxylic acids is 1. The molecule has 5 heteroatoms. The van der Waals surface area contributed by atoms with Crippen LogP contribution in [0.2, 0.25) is 0 Å². The fourth-order valence-corrected chi connectivity index (χ4v) is 2.88. The van der Waals surface area contributed by atoms with Crippen molar-refractivity contribution in [2.24, 2.45) is 0 Å². The van der Waals surface area contributed by atoms with Gasteiger partial charge in [0.25, 0.3) is 0 Å². The Morgan fingerprint density at radius 2 is 1.92 bits per heavy atom. The van der Waals surface area contributed by atoms with Gasteiger partial charge in [-0.2, -0.15) is 0 Å². The van der Waals surface area contributed by atoms with Gasteiger partial charge >= 0.3 is 0 Å². The number of aromatic nitrogens is 1. The van der Waals surface area contributed by atoms with E-state index >= 15 is 0 Å². The largest absolute Gasteiger partial charge is 0.497 e. The van der Waals surface area contributed by atoms with Crippen LogP contribution in [0.3, 0.4) is 0 Å². The average molecular weight is 325 g/mol. The van der Waals surface area contributed by atoms with Crippen LogP contribution >= 0.6 is 0 Å². The molecule has 0 bridgehead atoms. The van der Waals surface area contributed by atoms with Gasteiger partial charge in [0, 0.05) is 25.8 Å². The van der Waals surface area contributed by atoms with Crippen LogP contribution in [-0.2, 0) is 17.8 Å². The summed E-state index contributed by atoms with van der Waals surface area (Å²) in [5.41, 5.74) is 2.05. The fourth-order valence-electron chi connectivity index (χ4n) is 2.88. The molecule has 0 spiro atoms. The molecule has 0 saturated carbocycles. The van der Waals surface area contributed by atoms with E-state index in [0.717, 1.165) is 35.8 Å². The number of amides is 1. The van der Waals surface area contributed by atoms with Crippen molar-refractivity contribution in [1.82, 2.24) is 10.3 Å². The molecule has 126 valence electrons. The molecular formula is C19H23N3O2. The predicted octanol–water partition coefficient (Wildman–Crippen LogP) is 2.55. The van der Waals surface area contributed by atoms with E-state index in [4.69, 9.17) is 4.74 Å². The summed E-state index contributed by atoms with van der Waals surface area (Å²) in [5.74, 6) is 1.82. The van der Waals surface area contributed by atoms with Crippen molar-refractivity contribution in [3.8, 4) is 5.75 Å². The highest BCUT2D eigenvalue weighted by Gasteiger charge is 2.13. The van der Waals surface area contributed by atoms with Crippen LogP contribution in [0.25, 0.3) is 0 Å². The molecule has 1 saturated heterocycles. The standard InChI is InChI=1S/C19H23N3O2/c1-24-17-6-4-15(5-7-17)13-19(23)21-14-16-8-9-20-18(12-16)22-10-2-3-11-22/h4-9,12H,2-3,10-11,13-14H2,1H3,(H,21,23). The minimum absolute atomic E-state index is 0.0136. The number of anilines is 1. The molecule has 0 aliphatic carbocycles. The molecular weight excluding hydrogens is 302 g/mol. The SMILES string of the molecule is COc1ccc(CC(=O)NCc2ccnc(N3CCCC3)c2)cc1. The first-order chi connectivity index (χ1) is 11.7. The van der Waals surface area contributed by atoms with Crippen LogP contribution in [0, 0.1) is 0 Å². The Labute approximate surface area is 142 Å². The predicted molar refractivity (Wildman–Crippen MR) is 94.2 cm³/mol. The van der Waals surface area contributed by atoms with E-state index in [2.05, 4.69) is 21.3 Å². The summed E-state index contributed by atoms with van der Waals surface area (Å²) < 4.78 is 5.12. The smallest absolute Gasteiger partial charge is 0.224 e. The second kappa shape index (κ2) is 7.81. The summed E-state index contributed by atoms with van der Waals surface area (Å²) in [6.07, 6.45) is 4.64. The Bertz CT molecular complexity index is 679. The Kier molecular flexibility index (Phi) is 5.31. The molecule has 2 heterocycles. The zero-order valence-corrected chi connectivity index (χ0v) is 14.0. The third-order valence-corrected chi connectivity index (χ3v) is 4.25. The number of rotatable bonds is 6. The highest BCUT2D eigenvalue weighted by atomic mass is 16.5. The van der Waals surface area contributed by atoms with Crippen molar-refractivity contribution in [3.63, 3.8) is 0 Å². The number of methoxy groups -OCH3 is 1. The van der Waals surface area contributed by atoms with E-state index in [1.165, 1.54) is 12.8 Å². The van der Waals surface area contributed by atoms with E-state index in [-0.39, 0.29) is 5.91 Å². The van der Waals surface area contributed by atoms with Crippen LogP contribution in [0.4, 0.5) is 5.82 Å². The van der Waals surface area contributed by atoms with Crippen LogP contribution in [0.15, 0.2) is 42.6 Å². The van der Waals surface area contributed by atoms with Crippen LogP contribution in [-0.4, -0.2) is 31.1 Å². The minimum Gasteiger partial charge on any atom is -0.497 e. The minimum atomic E-state index is 0.0136. The summed E-state index contributed by atoms with van der Waals surface area (Å²) in [7, 11) is 1.63. The molecule has 1 N–H and O–H groups in total. The normalized spacial score (nSPS) is 13.8. The van der Waals surface area contributed by atoms with Gasteiger partial charge < -0.3 is 15.0 Å². The fraction of sp³-hybridized carbons (Fsp3) is 0.368. The molecule has 1 amide bonds. The molecule has 1 aromatic heterocycles. The van der Waals surface area contributed by atoms with Gasteiger partial charge in [-0.15, -0.1) is 0 Å². The zero-order chi connectivity index (χ0) is 16.8. The number of carbonyl (C=O) groups is 1. The number of hydrogen-bond donors (Lipinski definition) is 1. The first kappa shape index (κ1) is 16.3. The third-order valence-electron chi connectivity index (χ3n) is 4.25.